The number of benzene rings is 4. The van der Waals surface area contributed by atoms with E-state index in [1.54, 1.807) is 20.3 Å². The minimum absolute atomic E-state index is 0.359. The van der Waals surface area contributed by atoms with Gasteiger partial charge in [-0.15, -0.1) is 0 Å². The molecule has 0 fully saturated rings. The number of primary amides is 1. The molecule has 1 amide bonds. The van der Waals surface area contributed by atoms with Crippen molar-refractivity contribution in [3.63, 3.8) is 0 Å². The highest BCUT2D eigenvalue weighted by Gasteiger charge is 2.21. The van der Waals surface area contributed by atoms with Gasteiger partial charge in [0.25, 0.3) is 5.91 Å². The summed E-state index contributed by atoms with van der Waals surface area (Å²) in [6, 6.07) is 26.0. The molecule has 0 aliphatic carbocycles. The summed E-state index contributed by atoms with van der Waals surface area (Å²) >= 11 is 0. The van der Waals surface area contributed by atoms with Crippen LogP contribution in [0.4, 0.5) is 0 Å². The molecule has 0 bridgehead atoms. The summed E-state index contributed by atoms with van der Waals surface area (Å²) < 4.78 is 17.4. The van der Waals surface area contributed by atoms with Crippen LogP contribution < -0.4 is 19.9 Å². The highest BCUT2D eigenvalue weighted by Crippen LogP contribution is 2.40. The first-order valence-corrected chi connectivity index (χ1v) is 13.9. The van der Waals surface area contributed by atoms with Crippen molar-refractivity contribution in [3.05, 3.63) is 95.6 Å². The maximum Gasteiger partial charge on any atom is 0.251 e. The average molecular weight is 548 g/mol. The topological polar surface area (TPSA) is 86.9 Å². The van der Waals surface area contributed by atoms with Crippen LogP contribution >= 0.6 is 0 Å². The number of nitrogens with zero attached hydrogens (tertiary/aromatic N) is 2. The number of pyridine rings is 1. The molecule has 0 radical (unpaired) electrons. The normalized spacial score (nSPS) is 13.2. The molecule has 1 aliphatic heterocycles. The van der Waals surface area contributed by atoms with Gasteiger partial charge < -0.3 is 19.9 Å². The van der Waals surface area contributed by atoms with Crippen LogP contribution in [0.3, 0.4) is 0 Å². The van der Waals surface area contributed by atoms with Crippen molar-refractivity contribution in [2.45, 2.75) is 19.4 Å². The van der Waals surface area contributed by atoms with Crippen molar-refractivity contribution in [1.29, 1.82) is 0 Å². The summed E-state index contributed by atoms with van der Waals surface area (Å²) in [5.74, 6) is 1.64. The van der Waals surface area contributed by atoms with Crippen LogP contribution in [0.15, 0.2) is 78.9 Å². The van der Waals surface area contributed by atoms with Crippen LogP contribution in [0.5, 0.6) is 17.2 Å². The number of hydrogen-bond acceptors (Lipinski definition) is 6. The fourth-order valence-electron chi connectivity index (χ4n) is 5.72. The lowest BCUT2D eigenvalue weighted by atomic mass is 9.95. The molecule has 41 heavy (non-hydrogen) atoms. The number of amides is 1. The zero-order chi connectivity index (χ0) is 28.3. The number of rotatable bonds is 9. The SMILES string of the molecule is COc1cc2c(cc1OC)CN(CCCOc1cc(C(N)=O)c3nc4ccccc4cc3c1-c1ccccc1)CC2. The lowest BCUT2D eigenvalue weighted by Crippen LogP contribution is -2.32. The fourth-order valence-corrected chi connectivity index (χ4v) is 5.72. The Bertz CT molecular complexity index is 1740. The van der Waals surface area contributed by atoms with E-state index in [0.717, 1.165) is 71.4 Å². The lowest BCUT2D eigenvalue weighted by molar-refractivity contribution is 0.100. The van der Waals surface area contributed by atoms with Crippen molar-refractivity contribution in [1.82, 2.24) is 9.88 Å². The van der Waals surface area contributed by atoms with Gasteiger partial charge >= 0.3 is 0 Å². The zero-order valence-corrected chi connectivity index (χ0v) is 23.4. The highest BCUT2D eigenvalue weighted by atomic mass is 16.5. The van der Waals surface area contributed by atoms with Gasteiger partial charge in [-0.05, 0) is 59.9 Å². The molecule has 0 saturated carbocycles. The second kappa shape index (κ2) is 11.5. The number of carbonyl (C=O) groups excluding carboxylic acids is 1. The maximum atomic E-state index is 12.6. The van der Waals surface area contributed by atoms with Gasteiger partial charge in [-0.3, -0.25) is 9.69 Å². The Kier molecular flexibility index (Phi) is 7.44. The molecule has 2 N–H and O–H groups in total. The average Bonchev–Trinajstić information content (AvgIpc) is 3.01. The number of para-hydroxylation sites is 1. The van der Waals surface area contributed by atoms with Gasteiger partial charge in [0, 0.05) is 36.0 Å². The molecule has 2 heterocycles. The van der Waals surface area contributed by atoms with E-state index in [0.29, 0.717) is 23.4 Å². The zero-order valence-electron chi connectivity index (χ0n) is 23.4. The standard InChI is InChI=1S/C34H33N3O4/c1-39-29-18-23-13-15-37(21-25(23)19-30(29)40-2)14-8-16-41-31-20-27(34(35)38)33-26(32(31)22-9-4-3-5-10-22)17-24-11-6-7-12-28(24)36-33/h3-7,9-12,17-20H,8,13-16,21H2,1-2H3,(H2,35,38). The quantitative estimate of drug-likeness (QED) is 0.180. The summed E-state index contributed by atoms with van der Waals surface area (Å²) in [6.07, 6.45) is 1.79. The van der Waals surface area contributed by atoms with E-state index in [9.17, 15) is 4.79 Å². The van der Waals surface area contributed by atoms with Crippen LogP contribution in [0.25, 0.3) is 32.9 Å². The molecule has 5 aromatic rings. The Morgan fingerprint density at radius 3 is 2.39 bits per heavy atom. The van der Waals surface area contributed by atoms with Crippen molar-refractivity contribution < 1.29 is 19.0 Å². The number of nitrogens with two attached hydrogens (primary N) is 1. The maximum absolute atomic E-state index is 12.6. The van der Waals surface area contributed by atoms with Crippen molar-refractivity contribution in [3.8, 4) is 28.4 Å². The van der Waals surface area contributed by atoms with Crippen LogP contribution in [-0.4, -0.2) is 49.7 Å². The summed E-state index contributed by atoms with van der Waals surface area (Å²) in [7, 11) is 3.34. The van der Waals surface area contributed by atoms with Crippen molar-refractivity contribution >= 4 is 27.7 Å². The molecule has 4 aromatic carbocycles. The van der Waals surface area contributed by atoms with E-state index in [1.807, 2.05) is 42.5 Å². The van der Waals surface area contributed by atoms with Gasteiger partial charge in [0.15, 0.2) is 11.5 Å². The number of fused-ring (bicyclic) bond motifs is 3. The predicted octanol–water partition coefficient (Wildman–Crippen LogP) is 6.00. The Morgan fingerprint density at radius 1 is 0.902 bits per heavy atom. The number of aromatic nitrogens is 1. The number of methoxy groups -OCH3 is 2. The number of ether oxygens (including phenoxy) is 3. The minimum Gasteiger partial charge on any atom is -0.493 e. The van der Waals surface area contributed by atoms with Gasteiger partial charge in [-0.25, -0.2) is 4.98 Å². The highest BCUT2D eigenvalue weighted by molar-refractivity contribution is 6.13. The molecular formula is C34H33N3O4. The molecule has 6 rings (SSSR count). The third kappa shape index (κ3) is 5.28. The van der Waals surface area contributed by atoms with Crippen LogP contribution in [-0.2, 0) is 13.0 Å². The predicted molar refractivity (Wildman–Crippen MR) is 162 cm³/mol. The molecule has 1 aromatic heterocycles. The Labute approximate surface area is 239 Å². The van der Waals surface area contributed by atoms with E-state index in [4.69, 9.17) is 24.9 Å². The molecule has 7 heteroatoms. The molecular weight excluding hydrogens is 514 g/mol. The van der Waals surface area contributed by atoms with Crippen LogP contribution in [0.1, 0.15) is 27.9 Å². The number of hydrogen-bond donors (Lipinski definition) is 1. The van der Waals surface area contributed by atoms with E-state index >= 15 is 0 Å². The summed E-state index contributed by atoms with van der Waals surface area (Å²) in [4.78, 5) is 19.9. The second-order valence-corrected chi connectivity index (χ2v) is 10.3. The third-order valence-electron chi connectivity index (χ3n) is 7.77. The molecule has 0 unspecified atom stereocenters. The lowest BCUT2D eigenvalue weighted by Gasteiger charge is -2.29. The first-order valence-electron chi connectivity index (χ1n) is 13.9. The molecule has 0 saturated heterocycles. The minimum atomic E-state index is -0.527. The largest absolute Gasteiger partial charge is 0.493 e. The van der Waals surface area contributed by atoms with E-state index in [-0.39, 0.29) is 0 Å². The van der Waals surface area contributed by atoms with Crippen molar-refractivity contribution in [2.75, 3.05) is 33.9 Å². The van der Waals surface area contributed by atoms with Gasteiger partial charge in [-0.1, -0.05) is 48.5 Å². The Balaban J connectivity index is 1.26. The Hall–Kier alpha value is -4.62. The Morgan fingerprint density at radius 2 is 1.63 bits per heavy atom. The smallest absolute Gasteiger partial charge is 0.251 e. The summed E-state index contributed by atoms with van der Waals surface area (Å²) in [5, 5.41) is 1.84. The van der Waals surface area contributed by atoms with E-state index < -0.39 is 5.91 Å². The van der Waals surface area contributed by atoms with Crippen molar-refractivity contribution in [2.24, 2.45) is 5.73 Å². The van der Waals surface area contributed by atoms with Gasteiger partial charge in [0.2, 0.25) is 0 Å². The molecule has 0 atom stereocenters. The molecule has 7 nitrogen and oxygen atoms in total. The second-order valence-electron chi connectivity index (χ2n) is 10.3. The third-order valence-corrected chi connectivity index (χ3v) is 7.77. The number of carbonyl (C=O) groups is 1. The summed E-state index contributed by atoms with van der Waals surface area (Å²) in [5.41, 5.74) is 12.1. The molecule has 0 spiro atoms. The first kappa shape index (κ1) is 26.6. The monoisotopic (exact) mass is 547 g/mol. The van der Waals surface area contributed by atoms with Crippen LogP contribution in [0, 0.1) is 0 Å². The van der Waals surface area contributed by atoms with E-state index in [1.165, 1.54) is 11.1 Å². The van der Waals surface area contributed by atoms with Crippen LogP contribution in [0.2, 0.25) is 0 Å². The molecule has 1 aliphatic rings. The fraction of sp³-hybridized carbons (Fsp3) is 0.235. The molecule has 208 valence electrons. The van der Waals surface area contributed by atoms with E-state index in [2.05, 4.69) is 35.2 Å². The first-order chi connectivity index (χ1) is 20.1. The van der Waals surface area contributed by atoms with Gasteiger partial charge in [-0.2, -0.15) is 0 Å². The summed E-state index contributed by atoms with van der Waals surface area (Å²) in [6.45, 7) is 3.21. The van der Waals surface area contributed by atoms with Gasteiger partial charge in [0.05, 0.1) is 37.4 Å². The van der Waals surface area contributed by atoms with Gasteiger partial charge in [0.1, 0.15) is 5.75 Å².